The van der Waals surface area contributed by atoms with Crippen molar-refractivity contribution in [3.8, 4) is 0 Å². The molecule has 118 valence electrons. The molecule has 0 saturated heterocycles. The van der Waals surface area contributed by atoms with Crippen molar-refractivity contribution in [2.45, 2.75) is 0 Å². The number of nitrogens with one attached hydrogen (secondary N) is 1. The van der Waals surface area contributed by atoms with E-state index in [4.69, 9.17) is 0 Å². The summed E-state index contributed by atoms with van der Waals surface area (Å²) in [4.78, 5) is 3.57. The molecule has 1 nitrogen and oxygen atoms in total. The summed E-state index contributed by atoms with van der Waals surface area (Å²) in [5, 5.41) is 9.35. The molecule has 0 radical (unpaired) electrons. The third-order valence-electron chi connectivity index (χ3n) is 5.02. The SMILES string of the molecule is C=c1cccc2c(=C)c3c(cc1)[nH]c1cccc(c4ccccc24)c13. The number of aromatic nitrogens is 1. The van der Waals surface area contributed by atoms with Gasteiger partial charge < -0.3 is 4.98 Å². The summed E-state index contributed by atoms with van der Waals surface area (Å²) in [6.45, 7) is 8.58. The second kappa shape index (κ2) is 5.09. The Bertz CT molecular complexity index is 1420. The van der Waals surface area contributed by atoms with Gasteiger partial charge in [0.25, 0.3) is 0 Å². The molecule has 0 atom stereocenters. The van der Waals surface area contributed by atoms with E-state index in [-0.39, 0.29) is 0 Å². The van der Waals surface area contributed by atoms with Crippen LogP contribution in [0.5, 0.6) is 0 Å². The lowest BCUT2D eigenvalue weighted by Crippen LogP contribution is -1.97. The van der Waals surface area contributed by atoms with Crippen molar-refractivity contribution in [1.82, 2.24) is 4.98 Å². The fourth-order valence-electron chi connectivity index (χ4n) is 3.89. The first-order chi connectivity index (χ1) is 12.2. The second-order valence-corrected chi connectivity index (χ2v) is 6.51. The van der Waals surface area contributed by atoms with E-state index in [1.165, 1.54) is 26.9 Å². The van der Waals surface area contributed by atoms with Crippen LogP contribution in [0.15, 0.2) is 72.8 Å². The molecule has 1 heteroatoms. The minimum atomic E-state index is 0.973. The van der Waals surface area contributed by atoms with Crippen LogP contribution < -0.4 is 10.4 Å². The van der Waals surface area contributed by atoms with E-state index >= 15 is 0 Å². The Hall–Kier alpha value is -3.32. The summed E-state index contributed by atoms with van der Waals surface area (Å²) in [5.74, 6) is 0. The zero-order chi connectivity index (χ0) is 17.0. The van der Waals surface area contributed by atoms with Gasteiger partial charge in [-0.2, -0.15) is 0 Å². The van der Waals surface area contributed by atoms with Gasteiger partial charge in [-0.3, -0.25) is 0 Å². The van der Waals surface area contributed by atoms with Gasteiger partial charge in [0, 0.05) is 21.8 Å². The fourth-order valence-corrected chi connectivity index (χ4v) is 3.89. The predicted molar refractivity (Wildman–Crippen MR) is 110 cm³/mol. The van der Waals surface area contributed by atoms with Gasteiger partial charge in [-0.25, -0.2) is 0 Å². The van der Waals surface area contributed by atoms with Crippen LogP contribution in [0, 0.1) is 0 Å². The van der Waals surface area contributed by atoms with Crippen molar-refractivity contribution in [1.29, 1.82) is 0 Å². The zero-order valence-corrected chi connectivity index (χ0v) is 13.8. The first kappa shape index (κ1) is 14.1. The molecule has 2 bridgehead atoms. The Balaban J connectivity index is 2.34. The predicted octanol–water partition coefficient (Wildman–Crippen LogP) is 5.01. The Morgan fingerprint density at radius 1 is 0.520 bits per heavy atom. The molecule has 5 rings (SSSR count). The molecule has 0 amide bonds. The first-order valence-electron chi connectivity index (χ1n) is 8.43. The molecule has 0 aliphatic heterocycles. The van der Waals surface area contributed by atoms with Gasteiger partial charge in [0.05, 0.1) is 0 Å². The standard InChI is InChI=1S/C24H17N/c1-15-7-5-10-17-16(2)23-22(14-13-15)25-21-12-6-11-20(24(21)23)19-9-4-3-8-18(17)19/h3-14,25H,1-2H2. The topological polar surface area (TPSA) is 15.8 Å². The zero-order valence-electron chi connectivity index (χ0n) is 13.8. The van der Waals surface area contributed by atoms with Crippen LogP contribution in [0.4, 0.5) is 0 Å². The number of rotatable bonds is 0. The molecule has 1 heterocycles. The highest BCUT2D eigenvalue weighted by atomic mass is 14.7. The van der Waals surface area contributed by atoms with Gasteiger partial charge in [0.1, 0.15) is 0 Å². The van der Waals surface area contributed by atoms with Crippen LogP contribution in [0.2, 0.25) is 0 Å². The molecule has 0 saturated carbocycles. The maximum atomic E-state index is 4.48. The molecule has 4 aromatic carbocycles. The van der Waals surface area contributed by atoms with Crippen molar-refractivity contribution in [3.05, 3.63) is 83.2 Å². The first-order valence-corrected chi connectivity index (χ1v) is 8.43. The molecule has 1 aromatic heterocycles. The summed E-state index contributed by atoms with van der Waals surface area (Å²) < 4.78 is 0. The van der Waals surface area contributed by atoms with Gasteiger partial charge in [0.2, 0.25) is 0 Å². The summed E-state index contributed by atoms with van der Waals surface area (Å²) in [6.07, 6.45) is 0. The molecule has 5 aromatic rings. The molecular formula is C24H17N. The third-order valence-corrected chi connectivity index (χ3v) is 5.02. The van der Waals surface area contributed by atoms with Gasteiger partial charge in [0.15, 0.2) is 0 Å². The van der Waals surface area contributed by atoms with Crippen molar-refractivity contribution < 1.29 is 0 Å². The number of aromatic amines is 1. The van der Waals surface area contributed by atoms with E-state index in [0.717, 1.165) is 26.9 Å². The third kappa shape index (κ3) is 1.96. The Kier molecular flexibility index (Phi) is 2.86. The lowest BCUT2D eigenvalue weighted by Gasteiger charge is -1.98. The number of hydrogen-bond donors (Lipinski definition) is 1. The lowest BCUT2D eigenvalue weighted by atomic mass is 10.1. The van der Waals surface area contributed by atoms with E-state index in [2.05, 4.69) is 78.8 Å². The smallest absolute Gasteiger partial charge is 0.0471 e. The molecule has 0 aliphatic rings. The summed E-state index contributed by atoms with van der Waals surface area (Å²) in [7, 11) is 0. The monoisotopic (exact) mass is 319 g/mol. The molecule has 1 N–H and O–H groups in total. The molecule has 0 fully saturated rings. The number of H-pyrrole nitrogens is 1. The van der Waals surface area contributed by atoms with Gasteiger partial charge in [-0.15, -0.1) is 0 Å². The lowest BCUT2D eigenvalue weighted by molar-refractivity contribution is 1.55. The number of hydrogen-bond acceptors (Lipinski definition) is 0. The quantitative estimate of drug-likeness (QED) is 0.413. The average molecular weight is 319 g/mol. The number of benzene rings is 2. The summed E-state index contributed by atoms with van der Waals surface area (Å²) in [6, 6.07) is 25.4. The van der Waals surface area contributed by atoms with Gasteiger partial charge >= 0.3 is 0 Å². The largest absolute Gasteiger partial charge is 0.354 e. The van der Waals surface area contributed by atoms with Gasteiger partial charge in [-0.05, 0) is 44.1 Å². The van der Waals surface area contributed by atoms with Crippen LogP contribution in [0.25, 0.3) is 56.5 Å². The molecule has 25 heavy (non-hydrogen) atoms. The summed E-state index contributed by atoms with van der Waals surface area (Å²) in [5.41, 5.74) is 2.23. The van der Waals surface area contributed by atoms with Crippen LogP contribution in [0.3, 0.4) is 0 Å². The number of fused-ring (bicyclic) bond motifs is 4. The van der Waals surface area contributed by atoms with E-state index in [1.54, 1.807) is 0 Å². The molecule has 0 unspecified atom stereocenters. The fraction of sp³-hybridized carbons (Fsp3) is 0. The van der Waals surface area contributed by atoms with E-state index in [9.17, 15) is 0 Å². The van der Waals surface area contributed by atoms with Crippen molar-refractivity contribution in [2.75, 3.05) is 0 Å². The highest BCUT2D eigenvalue weighted by Gasteiger charge is 2.11. The molecular weight excluding hydrogens is 302 g/mol. The second-order valence-electron chi connectivity index (χ2n) is 6.51. The molecule has 0 spiro atoms. The maximum Gasteiger partial charge on any atom is 0.0471 e. The van der Waals surface area contributed by atoms with Crippen molar-refractivity contribution in [3.63, 3.8) is 0 Å². The van der Waals surface area contributed by atoms with E-state index in [1.807, 2.05) is 12.1 Å². The Morgan fingerprint density at radius 3 is 2.00 bits per heavy atom. The van der Waals surface area contributed by atoms with Crippen molar-refractivity contribution >= 4 is 56.5 Å². The average Bonchev–Trinajstić information content (AvgIpc) is 2.97. The normalized spacial score (nSPS) is 11.5. The van der Waals surface area contributed by atoms with E-state index in [0.29, 0.717) is 0 Å². The van der Waals surface area contributed by atoms with Crippen LogP contribution in [-0.4, -0.2) is 4.98 Å². The molecule has 0 aliphatic carbocycles. The van der Waals surface area contributed by atoms with Crippen LogP contribution in [0.1, 0.15) is 0 Å². The highest BCUT2D eigenvalue weighted by molar-refractivity contribution is 6.25. The van der Waals surface area contributed by atoms with E-state index < -0.39 is 0 Å². The minimum Gasteiger partial charge on any atom is -0.354 e. The minimum absolute atomic E-state index is 0.973. The van der Waals surface area contributed by atoms with Gasteiger partial charge in [-0.1, -0.05) is 73.8 Å². The van der Waals surface area contributed by atoms with Crippen LogP contribution in [-0.2, 0) is 0 Å². The Labute approximate surface area is 145 Å². The van der Waals surface area contributed by atoms with Crippen LogP contribution >= 0.6 is 0 Å². The van der Waals surface area contributed by atoms with Crippen molar-refractivity contribution in [2.24, 2.45) is 0 Å². The maximum absolute atomic E-state index is 4.48. The Morgan fingerprint density at radius 2 is 1.16 bits per heavy atom. The highest BCUT2D eigenvalue weighted by Crippen LogP contribution is 2.33. The summed E-state index contributed by atoms with van der Waals surface area (Å²) >= 11 is 0.